The maximum Gasteiger partial charge on any atom is 0.244 e. The molecule has 0 aliphatic heterocycles. The van der Waals surface area contributed by atoms with Crippen LogP contribution >= 0.6 is 27.5 Å². The van der Waals surface area contributed by atoms with Crippen molar-refractivity contribution >= 4 is 39.7 Å². The van der Waals surface area contributed by atoms with Crippen LogP contribution in [-0.4, -0.2) is 25.3 Å². The first-order valence-electron chi connectivity index (χ1n) is 8.19. The molecule has 0 atom stereocenters. The topological polar surface area (TPSA) is 59.9 Å². The number of halogens is 2. The van der Waals surface area contributed by atoms with E-state index in [1.165, 1.54) is 0 Å². The zero-order valence-electron chi connectivity index (χ0n) is 14.6. The maximum absolute atomic E-state index is 12.0. The summed E-state index contributed by atoms with van der Waals surface area (Å²) < 4.78 is 12.0. The highest BCUT2D eigenvalue weighted by molar-refractivity contribution is 9.10. The van der Waals surface area contributed by atoms with E-state index in [4.69, 9.17) is 21.1 Å². The van der Waals surface area contributed by atoms with E-state index in [-0.39, 0.29) is 12.3 Å². The fourth-order valence-electron chi connectivity index (χ4n) is 2.22. The van der Waals surface area contributed by atoms with Crippen molar-refractivity contribution < 1.29 is 14.3 Å². The van der Waals surface area contributed by atoms with Crippen molar-refractivity contribution in [2.24, 2.45) is 5.10 Å². The van der Waals surface area contributed by atoms with Gasteiger partial charge in [0.05, 0.1) is 30.3 Å². The summed E-state index contributed by atoms with van der Waals surface area (Å²) in [6, 6.07) is 10.8. The summed E-state index contributed by atoms with van der Waals surface area (Å²) in [7, 11) is 0. The molecule has 2 aromatic rings. The molecule has 1 amide bonds. The minimum Gasteiger partial charge on any atom is -0.490 e. The lowest BCUT2D eigenvalue weighted by Gasteiger charge is -2.13. The summed E-state index contributed by atoms with van der Waals surface area (Å²) in [4.78, 5) is 12.0. The first-order valence-corrected chi connectivity index (χ1v) is 9.36. The van der Waals surface area contributed by atoms with E-state index >= 15 is 0 Å². The highest BCUT2D eigenvalue weighted by atomic mass is 79.9. The summed E-state index contributed by atoms with van der Waals surface area (Å²) >= 11 is 9.31. The predicted octanol–water partition coefficient (Wildman–Crippen LogP) is 4.59. The smallest absolute Gasteiger partial charge is 0.244 e. The standard InChI is InChI=1S/C19H20BrClN2O3/c1-3-25-17-10-14(9-16(20)19(17)26-4-2)12-22-23-18(24)11-13-5-7-15(21)8-6-13/h5-10,12H,3-4,11H2,1-2H3,(H,23,24)/b22-12-. The summed E-state index contributed by atoms with van der Waals surface area (Å²) in [5.74, 6) is 1.06. The molecule has 0 unspecified atom stereocenters. The number of rotatable bonds is 8. The zero-order chi connectivity index (χ0) is 18.9. The van der Waals surface area contributed by atoms with Gasteiger partial charge >= 0.3 is 0 Å². The van der Waals surface area contributed by atoms with Crippen LogP contribution in [0.4, 0.5) is 0 Å². The minimum absolute atomic E-state index is 0.210. The van der Waals surface area contributed by atoms with Gasteiger partial charge in [-0.3, -0.25) is 4.79 Å². The first kappa shape index (κ1) is 20.3. The second-order valence-corrected chi connectivity index (χ2v) is 6.58. The molecule has 2 aromatic carbocycles. The number of nitrogens with one attached hydrogen (secondary N) is 1. The van der Waals surface area contributed by atoms with Gasteiger partial charge in [0.2, 0.25) is 5.91 Å². The Hall–Kier alpha value is -2.05. The number of hydrazone groups is 1. The highest BCUT2D eigenvalue weighted by Crippen LogP contribution is 2.36. The van der Waals surface area contributed by atoms with Gasteiger partial charge in [-0.1, -0.05) is 23.7 Å². The van der Waals surface area contributed by atoms with Gasteiger partial charge in [0.25, 0.3) is 0 Å². The molecule has 0 saturated heterocycles. The van der Waals surface area contributed by atoms with Crippen LogP contribution in [0.15, 0.2) is 46.0 Å². The van der Waals surface area contributed by atoms with Crippen LogP contribution in [0.3, 0.4) is 0 Å². The van der Waals surface area contributed by atoms with E-state index in [0.29, 0.717) is 29.7 Å². The third-order valence-electron chi connectivity index (χ3n) is 3.30. The molecule has 1 N–H and O–H groups in total. The van der Waals surface area contributed by atoms with Crippen molar-refractivity contribution in [2.75, 3.05) is 13.2 Å². The number of amides is 1. The van der Waals surface area contributed by atoms with Gasteiger partial charge in [-0.15, -0.1) is 0 Å². The lowest BCUT2D eigenvalue weighted by molar-refractivity contribution is -0.120. The van der Waals surface area contributed by atoms with Crippen molar-refractivity contribution in [3.05, 3.63) is 57.0 Å². The largest absolute Gasteiger partial charge is 0.490 e. The highest BCUT2D eigenvalue weighted by Gasteiger charge is 2.11. The molecule has 0 radical (unpaired) electrons. The molecule has 5 nitrogen and oxygen atoms in total. The Balaban J connectivity index is 2.02. The summed E-state index contributed by atoms with van der Waals surface area (Å²) in [6.45, 7) is 4.87. The Morgan fingerprint density at radius 2 is 1.88 bits per heavy atom. The molecule has 7 heteroatoms. The number of benzene rings is 2. The lowest BCUT2D eigenvalue weighted by Crippen LogP contribution is -2.19. The molecule has 0 aromatic heterocycles. The predicted molar refractivity (Wildman–Crippen MR) is 107 cm³/mol. The van der Waals surface area contributed by atoms with Gasteiger partial charge in [0.15, 0.2) is 11.5 Å². The van der Waals surface area contributed by atoms with Gasteiger partial charge in [-0.05, 0) is 65.2 Å². The number of hydrogen-bond donors (Lipinski definition) is 1. The SMILES string of the molecule is CCOc1cc(/C=N\NC(=O)Cc2ccc(Cl)cc2)cc(Br)c1OCC. The van der Waals surface area contributed by atoms with Gasteiger partial charge in [0, 0.05) is 5.02 Å². The monoisotopic (exact) mass is 438 g/mol. The fourth-order valence-corrected chi connectivity index (χ4v) is 2.92. The number of nitrogens with zero attached hydrogens (tertiary/aromatic N) is 1. The van der Waals surface area contributed by atoms with Crippen LogP contribution in [-0.2, 0) is 11.2 Å². The summed E-state index contributed by atoms with van der Waals surface area (Å²) in [6.07, 6.45) is 1.79. The van der Waals surface area contributed by atoms with Crippen LogP contribution in [0.1, 0.15) is 25.0 Å². The van der Waals surface area contributed by atoms with Crippen LogP contribution in [0.2, 0.25) is 5.02 Å². The van der Waals surface area contributed by atoms with Gasteiger partial charge in [-0.2, -0.15) is 5.10 Å². The maximum atomic E-state index is 12.0. The Morgan fingerprint density at radius 3 is 2.54 bits per heavy atom. The fraction of sp³-hybridized carbons (Fsp3) is 0.263. The molecule has 138 valence electrons. The number of hydrogen-bond acceptors (Lipinski definition) is 4. The van der Waals surface area contributed by atoms with Gasteiger partial charge in [0.1, 0.15) is 0 Å². The molecule has 0 bridgehead atoms. The third kappa shape index (κ3) is 6.04. The minimum atomic E-state index is -0.210. The average Bonchev–Trinajstić information content (AvgIpc) is 2.60. The molecule has 2 rings (SSSR count). The summed E-state index contributed by atoms with van der Waals surface area (Å²) in [5, 5.41) is 4.64. The van der Waals surface area contributed by atoms with Crippen LogP contribution in [0.25, 0.3) is 0 Å². The molecule has 0 aliphatic carbocycles. The molecule has 0 spiro atoms. The molecule has 0 heterocycles. The molecular weight excluding hydrogens is 420 g/mol. The summed E-state index contributed by atoms with van der Waals surface area (Å²) in [5.41, 5.74) is 4.15. The lowest BCUT2D eigenvalue weighted by atomic mass is 10.1. The van der Waals surface area contributed by atoms with Crippen molar-refractivity contribution in [3.8, 4) is 11.5 Å². The normalized spacial score (nSPS) is 10.8. The quantitative estimate of drug-likeness (QED) is 0.483. The zero-order valence-corrected chi connectivity index (χ0v) is 16.9. The molecule has 0 saturated carbocycles. The number of carbonyl (C=O) groups is 1. The van der Waals surface area contributed by atoms with E-state index in [0.717, 1.165) is 15.6 Å². The Labute approximate surface area is 166 Å². The Bertz CT molecular complexity index is 779. The Kier molecular flexibility index (Phi) is 7.94. The van der Waals surface area contributed by atoms with E-state index in [9.17, 15) is 4.79 Å². The molecule has 0 fully saturated rings. The molecule has 0 aliphatic rings. The van der Waals surface area contributed by atoms with Crippen molar-refractivity contribution in [3.63, 3.8) is 0 Å². The first-order chi connectivity index (χ1) is 12.5. The number of carbonyl (C=O) groups excluding carboxylic acids is 1. The number of ether oxygens (including phenoxy) is 2. The molecule has 26 heavy (non-hydrogen) atoms. The van der Waals surface area contributed by atoms with Crippen molar-refractivity contribution in [1.29, 1.82) is 0 Å². The van der Waals surface area contributed by atoms with Crippen LogP contribution in [0.5, 0.6) is 11.5 Å². The van der Waals surface area contributed by atoms with Gasteiger partial charge < -0.3 is 9.47 Å². The van der Waals surface area contributed by atoms with Crippen LogP contribution in [0, 0.1) is 0 Å². The van der Waals surface area contributed by atoms with Gasteiger partial charge in [-0.25, -0.2) is 5.43 Å². The Morgan fingerprint density at radius 1 is 1.19 bits per heavy atom. The van der Waals surface area contributed by atoms with Crippen molar-refractivity contribution in [2.45, 2.75) is 20.3 Å². The second kappa shape index (κ2) is 10.2. The second-order valence-electron chi connectivity index (χ2n) is 5.29. The van der Waals surface area contributed by atoms with Crippen LogP contribution < -0.4 is 14.9 Å². The average molecular weight is 440 g/mol. The van der Waals surface area contributed by atoms with Crippen molar-refractivity contribution in [1.82, 2.24) is 5.43 Å². The van der Waals surface area contributed by atoms with E-state index in [1.54, 1.807) is 18.3 Å². The van der Waals surface area contributed by atoms with E-state index in [1.807, 2.05) is 38.1 Å². The van der Waals surface area contributed by atoms with E-state index < -0.39 is 0 Å². The molecular formula is C19H20BrClN2O3. The van der Waals surface area contributed by atoms with E-state index in [2.05, 4.69) is 26.5 Å². The third-order valence-corrected chi connectivity index (χ3v) is 4.14.